The van der Waals surface area contributed by atoms with Crippen LogP contribution in [0.2, 0.25) is 5.02 Å². The molecule has 0 aliphatic heterocycles. The van der Waals surface area contributed by atoms with Crippen LogP contribution in [0.25, 0.3) is 0 Å². The van der Waals surface area contributed by atoms with E-state index >= 15 is 0 Å². The topological polar surface area (TPSA) is 61.0 Å². The second-order valence-electron chi connectivity index (χ2n) is 3.20. The molecule has 0 amide bonds. The molecule has 0 atom stereocenters. The van der Waals surface area contributed by atoms with Gasteiger partial charge in [0, 0.05) is 5.02 Å². The molecular formula is C11H10ClN3O. The Labute approximate surface area is 98.0 Å². The Kier molecular flexibility index (Phi) is 3.22. The van der Waals surface area contributed by atoms with Crippen LogP contribution in [-0.2, 0) is 6.61 Å². The molecular weight excluding hydrogens is 226 g/mol. The highest BCUT2D eigenvalue weighted by molar-refractivity contribution is 6.30. The fourth-order valence-electron chi connectivity index (χ4n) is 1.18. The largest absolute Gasteiger partial charge is 0.472 e. The smallest absolute Gasteiger partial charge is 0.232 e. The number of nitrogens with two attached hydrogens (primary N) is 1. The zero-order valence-corrected chi connectivity index (χ0v) is 9.19. The third-order valence-corrected chi connectivity index (χ3v) is 2.16. The summed E-state index contributed by atoms with van der Waals surface area (Å²) in [6.45, 7) is 0.402. The molecule has 0 saturated carbocycles. The van der Waals surface area contributed by atoms with E-state index in [2.05, 4.69) is 9.97 Å². The number of nitrogen functional groups attached to an aromatic ring is 1. The van der Waals surface area contributed by atoms with E-state index in [1.54, 1.807) is 0 Å². The Morgan fingerprint density at radius 2 is 2.12 bits per heavy atom. The van der Waals surface area contributed by atoms with Crippen molar-refractivity contribution in [3.05, 3.63) is 47.2 Å². The van der Waals surface area contributed by atoms with Crippen molar-refractivity contribution in [2.45, 2.75) is 6.61 Å². The van der Waals surface area contributed by atoms with Gasteiger partial charge in [0.05, 0.1) is 12.4 Å². The number of hydrogen-bond donors (Lipinski definition) is 1. The monoisotopic (exact) mass is 235 g/mol. The number of ether oxygens (including phenoxy) is 1. The van der Waals surface area contributed by atoms with E-state index < -0.39 is 0 Å². The highest BCUT2D eigenvalue weighted by Crippen LogP contribution is 2.13. The van der Waals surface area contributed by atoms with Crippen LogP contribution in [-0.4, -0.2) is 9.97 Å². The Hall–Kier alpha value is -1.81. The van der Waals surface area contributed by atoms with Crippen molar-refractivity contribution >= 4 is 17.4 Å². The van der Waals surface area contributed by atoms with Gasteiger partial charge in [-0.15, -0.1) is 0 Å². The lowest BCUT2D eigenvalue weighted by molar-refractivity contribution is 0.292. The highest BCUT2D eigenvalue weighted by atomic mass is 35.5. The fourth-order valence-corrected chi connectivity index (χ4v) is 1.40. The van der Waals surface area contributed by atoms with Crippen LogP contribution < -0.4 is 10.5 Å². The predicted octanol–water partition coefficient (Wildman–Crippen LogP) is 2.29. The number of nitrogens with zero attached hydrogens (tertiary/aromatic N) is 2. The normalized spacial score (nSPS) is 10.1. The van der Waals surface area contributed by atoms with Gasteiger partial charge in [-0.3, -0.25) is 0 Å². The maximum absolute atomic E-state index is 5.85. The standard InChI is InChI=1S/C11H10ClN3O/c12-9-3-1-2-8(4-9)7-16-11-6-14-10(13)5-15-11/h1-6H,7H2,(H2,13,14). The van der Waals surface area contributed by atoms with E-state index in [1.165, 1.54) is 12.4 Å². The predicted molar refractivity (Wildman–Crippen MR) is 62.2 cm³/mol. The maximum atomic E-state index is 5.85. The van der Waals surface area contributed by atoms with E-state index in [4.69, 9.17) is 22.1 Å². The van der Waals surface area contributed by atoms with Crippen LogP contribution in [0.1, 0.15) is 5.56 Å². The first-order valence-electron chi connectivity index (χ1n) is 4.69. The first kappa shape index (κ1) is 10.7. The second kappa shape index (κ2) is 4.81. The Balaban J connectivity index is 1.99. The third kappa shape index (κ3) is 2.84. The third-order valence-electron chi connectivity index (χ3n) is 1.92. The van der Waals surface area contributed by atoms with Crippen molar-refractivity contribution in [1.29, 1.82) is 0 Å². The van der Waals surface area contributed by atoms with E-state index in [-0.39, 0.29) is 0 Å². The highest BCUT2D eigenvalue weighted by Gasteiger charge is 1.98. The van der Waals surface area contributed by atoms with Gasteiger partial charge in [0.1, 0.15) is 12.4 Å². The number of aromatic nitrogens is 2. The molecule has 0 fully saturated rings. The molecule has 0 aliphatic carbocycles. The molecule has 82 valence electrons. The number of rotatable bonds is 3. The van der Waals surface area contributed by atoms with Gasteiger partial charge in [-0.1, -0.05) is 23.7 Å². The van der Waals surface area contributed by atoms with Gasteiger partial charge in [0.25, 0.3) is 0 Å². The quantitative estimate of drug-likeness (QED) is 0.887. The Bertz CT molecular complexity index is 473. The molecule has 2 N–H and O–H groups in total. The van der Waals surface area contributed by atoms with Crippen molar-refractivity contribution in [3.63, 3.8) is 0 Å². The summed E-state index contributed by atoms with van der Waals surface area (Å²) in [5.41, 5.74) is 6.39. The van der Waals surface area contributed by atoms with Gasteiger partial charge in [0.2, 0.25) is 5.88 Å². The minimum absolute atomic E-state index is 0.370. The van der Waals surface area contributed by atoms with Gasteiger partial charge in [-0.25, -0.2) is 9.97 Å². The van der Waals surface area contributed by atoms with Gasteiger partial charge in [-0.05, 0) is 17.7 Å². The Morgan fingerprint density at radius 3 is 2.81 bits per heavy atom. The van der Waals surface area contributed by atoms with Crippen molar-refractivity contribution in [3.8, 4) is 5.88 Å². The van der Waals surface area contributed by atoms with E-state index in [0.717, 1.165) is 5.56 Å². The average Bonchev–Trinajstić information content (AvgIpc) is 2.28. The van der Waals surface area contributed by atoms with Crippen LogP contribution in [0, 0.1) is 0 Å². The lowest BCUT2D eigenvalue weighted by Gasteiger charge is -2.05. The van der Waals surface area contributed by atoms with Crippen LogP contribution in [0.5, 0.6) is 5.88 Å². The van der Waals surface area contributed by atoms with Gasteiger partial charge in [0.15, 0.2) is 0 Å². The van der Waals surface area contributed by atoms with Gasteiger partial charge in [-0.2, -0.15) is 0 Å². The summed E-state index contributed by atoms with van der Waals surface area (Å²) in [6, 6.07) is 7.45. The molecule has 0 radical (unpaired) electrons. The fraction of sp³-hybridized carbons (Fsp3) is 0.0909. The molecule has 4 nitrogen and oxygen atoms in total. The van der Waals surface area contributed by atoms with Crippen LogP contribution in [0.4, 0.5) is 5.82 Å². The zero-order valence-electron chi connectivity index (χ0n) is 8.43. The number of anilines is 1. The van der Waals surface area contributed by atoms with Crippen molar-refractivity contribution in [2.75, 3.05) is 5.73 Å². The summed E-state index contributed by atoms with van der Waals surface area (Å²) in [6.07, 6.45) is 2.94. The SMILES string of the molecule is Nc1cnc(OCc2cccc(Cl)c2)cn1. The molecule has 2 aromatic rings. The molecule has 0 bridgehead atoms. The van der Waals surface area contributed by atoms with Gasteiger partial charge < -0.3 is 10.5 Å². The summed E-state index contributed by atoms with van der Waals surface area (Å²) in [7, 11) is 0. The van der Waals surface area contributed by atoms with E-state index in [0.29, 0.717) is 23.3 Å². The molecule has 1 aromatic carbocycles. The van der Waals surface area contributed by atoms with Gasteiger partial charge >= 0.3 is 0 Å². The molecule has 1 heterocycles. The molecule has 2 rings (SSSR count). The summed E-state index contributed by atoms with van der Waals surface area (Å²) in [5, 5.41) is 0.685. The lowest BCUT2D eigenvalue weighted by Crippen LogP contribution is -1.99. The van der Waals surface area contributed by atoms with Crippen LogP contribution in [0.15, 0.2) is 36.7 Å². The summed E-state index contributed by atoms with van der Waals surface area (Å²) >= 11 is 5.85. The molecule has 16 heavy (non-hydrogen) atoms. The van der Waals surface area contributed by atoms with Crippen molar-refractivity contribution < 1.29 is 4.74 Å². The van der Waals surface area contributed by atoms with Crippen LogP contribution >= 0.6 is 11.6 Å². The Morgan fingerprint density at radius 1 is 1.25 bits per heavy atom. The molecule has 0 saturated heterocycles. The molecule has 0 spiro atoms. The van der Waals surface area contributed by atoms with E-state index in [1.807, 2.05) is 24.3 Å². The summed E-state index contributed by atoms with van der Waals surface area (Å²) in [4.78, 5) is 7.85. The number of benzene rings is 1. The first-order valence-corrected chi connectivity index (χ1v) is 5.06. The molecule has 0 aliphatic rings. The first-order chi connectivity index (χ1) is 7.74. The lowest BCUT2D eigenvalue weighted by atomic mass is 10.2. The minimum Gasteiger partial charge on any atom is -0.472 e. The summed E-state index contributed by atoms with van der Waals surface area (Å²) < 4.78 is 5.41. The molecule has 1 aromatic heterocycles. The zero-order chi connectivity index (χ0) is 11.4. The van der Waals surface area contributed by atoms with Crippen molar-refractivity contribution in [2.24, 2.45) is 0 Å². The maximum Gasteiger partial charge on any atom is 0.232 e. The van der Waals surface area contributed by atoms with E-state index in [9.17, 15) is 0 Å². The second-order valence-corrected chi connectivity index (χ2v) is 3.63. The van der Waals surface area contributed by atoms with Crippen molar-refractivity contribution in [1.82, 2.24) is 9.97 Å². The number of halogens is 1. The number of hydrogen-bond acceptors (Lipinski definition) is 4. The summed E-state index contributed by atoms with van der Waals surface area (Å²) in [5.74, 6) is 0.810. The molecule has 0 unspecified atom stereocenters. The minimum atomic E-state index is 0.370. The average molecular weight is 236 g/mol. The molecule has 5 heteroatoms. The van der Waals surface area contributed by atoms with Crippen LogP contribution in [0.3, 0.4) is 0 Å².